The molecule has 0 aliphatic carbocycles. The third-order valence-electron chi connectivity index (χ3n) is 1.77. The number of aromatic nitrogens is 1. The van der Waals surface area contributed by atoms with Crippen molar-refractivity contribution < 1.29 is 0 Å². The summed E-state index contributed by atoms with van der Waals surface area (Å²) in [4.78, 5) is 4.26. The molecule has 0 amide bonds. The normalized spacial score (nSPS) is 10.6. The van der Waals surface area contributed by atoms with Crippen molar-refractivity contribution in [3.63, 3.8) is 0 Å². The molecule has 0 fully saturated rings. The molecular formula is C9H4BBrClN. The summed E-state index contributed by atoms with van der Waals surface area (Å²) in [6, 6.07) is 7.21. The second kappa shape index (κ2) is 3.31. The fourth-order valence-corrected chi connectivity index (χ4v) is 1.80. The maximum absolute atomic E-state index is 5.84. The van der Waals surface area contributed by atoms with Crippen LogP contribution in [0.3, 0.4) is 0 Å². The van der Waals surface area contributed by atoms with Gasteiger partial charge in [0.15, 0.2) is 0 Å². The number of fused-ring (bicyclic) bond motifs is 1. The fraction of sp³-hybridized carbons (Fsp3) is 0. The van der Waals surface area contributed by atoms with Crippen LogP contribution in [0.1, 0.15) is 0 Å². The second-order valence-corrected chi connectivity index (χ2v) is 3.94. The minimum absolute atomic E-state index is 0.670. The third-order valence-corrected chi connectivity index (χ3v) is 2.41. The van der Waals surface area contributed by atoms with Crippen LogP contribution in [0.25, 0.3) is 10.9 Å². The minimum Gasteiger partial charge on any atom is -0.241 e. The molecule has 0 N–H and O–H groups in total. The van der Waals surface area contributed by atoms with E-state index in [1.54, 1.807) is 12.1 Å². The number of rotatable bonds is 0. The van der Waals surface area contributed by atoms with Crippen molar-refractivity contribution in [1.29, 1.82) is 0 Å². The van der Waals surface area contributed by atoms with E-state index in [1.807, 2.05) is 12.1 Å². The van der Waals surface area contributed by atoms with Crippen LogP contribution in [0.4, 0.5) is 0 Å². The first-order valence-electron chi connectivity index (χ1n) is 3.68. The van der Waals surface area contributed by atoms with Crippen molar-refractivity contribution in [2.75, 3.05) is 0 Å². The molecule has 13 heavy (non-hydrogen) atoms. The molecule has 2 rings (SSSR count). The molecule has 0 bridgehead atoms. The lowest BCUT2D eigenvalue weighted by Crippen LogP contribution is -2.04. The molecule has 1 nitrogen and oxygen atoms in total. The van der Waals surface area contributed by atoms with Gasteiger partial charge in [0, 0.05) is 5.02 Å². The van der Waals surface area contributed by atoms with Crippen LogP contribution >= 0.6 is 27.5 Å². The van der Waals surface area contributed by atoms with Gasteiger partial charge in [0.1, 0.15) is 12.4 Å². The first-order valence-corrected chi connectivity index (χ1v) is 4.85. The van der Waals surface area contributed by atoms with Crippen LogP contribution < -0.4 is 5.46 Å². The van der Waals surface area contributed by atoms with Crippen LogP contribution in [0.5, 0.6) is 0 Å². The maximum atomic E-state index is 5.84. The predicted molar refractivity (Wildman–Crippen MR) is 59.8 cm³/mol. The SMILES string of the molecule is [B]c1cc(Br)nc2ccc(Cl)cc12. The number of hydrogen-bond acceptors (Lipinski definition) is 1. The summed E-state index contributed by atoms with van der Waals surface area (Å²) in [5, 5.41) is 1.55. The zero-order chi connectivity index (χ0) is 9.42. The average molecular weight is 252 g/mol. The molecule has 0 saturated heterocycles. The van der Waals surface area contributed by atoms with Gasteiger partial charge < -0.3 is 0 Å². The number of nitrogens with zero attached hydrogens (tertiary/aromatic N) is 1. The van der Waals surface area contributed by atoms with Crippen LogP contribution in [0, 0.1) is 0 Å². The molecule has 0 spiro atoms. The van der Waals surface area contributed by atoms with Crippen molar-refractivity contribution in [3.05, 3.63) is 33.9 Å². The number of pyridine rings is 1. The van der Waals surface area contributed by atoms with E-state index in [1.165, 1.54) is 0 Å². The molecule has 2 aromatic rings. The molecule has 0 atom stereocenters. The highest BCUT2D eigenvalue weighted by Crippen LogP contribution is 2.17. The number of hydrogen-bond donors (Lipinski definition) is 0. The molecule has 62 valence electrons. The zero-order valence-corrected chi connectivity index (χ0v) is 8.93. The Balaban J connectivity index is 2.87. The van der Waals surface area contributed by atoms with Gasteiger partial charge in [0.25, 0.3) is 0 Å². The van der Waals surface area contributed by atoms with Crippen molar-refractivity contribution in [1.82, 2.24) is 4.98 Å². The van der Waals surface area contributed by atoms with Gasteiger partial charge >= 0.3 is 0 Å². The molecular weight excluding hydrogens is 248 g/mol. The van der Waals surface area contributed by atoms with Gasteiger partial charge in [-0.25, -0.2) is 4.98 Å². The molecule has 1 aromatic carbocycles. The Bertz CT molecular complexity index is 472. The Morgan fingerprint density at radius 3 is 2.85 bits per heavy atom. The van der Waals surface area contributed by atoms with Crippen LogP contribution in [-0.4, -0.2) is 12.8 Å². The lowest BCUT2D eigenvalue weighted by atomic mass is 9.93. The van der Waals surface area contributed by atoms with E-state index >= 15 is 0 Å². The maximum Gasteiger partial charge on any atom is 0.114 e. The predicted octanol–water partition coefficient (Wildman–Crippen LogP) is 2.44. The molecule has 0 aliphatic heterocycles. The lowest BCUT2D eigenvalue weighted by molar-refractivity contribution is 1.36. The first kappa shape index (κ1) is 9.04. The Hall–Kier alpha value is -0.535. The standard InChI is InChI=1S/C9H4BBrClN/c10-7-4-9(11)13-8-2-1-5(12)3-6(7)8/h1-4H. The van der Waals surface area contributed by atoms with Gasteiger partial charge in [-0.1, -0.05) is 17.1 Å². The van der Waals surface area contributed by atoms with Crippen LogP contribution in [-0.2, 0) is 0 Å². The van der Waals surface area contributed by atoms with Gasteiger partial charge in [-0.3, -0.25) is 0 Å². The summed E-state index contributed by atoms with van der Waals surface area (Å²) in [6.45, 7) is 0. The van der Waals surface area contributed by atoms with E-state index in [4.69, 9.17) is 19.4 Å². The van der Waals surface area contributed by atoms with Gasteiger partial charge in [-0.05, 0) is 45.6 Å². The monoisotopic (exact) mass is 251 g/mol. The molecule has 2 radical (unpaired) electrons. The van der Waals surface area contributed by atoms with E-state index in [2.05, 4.69) is 20.9 Å². The summed E-state index contributed by atoms with van der Waals surface area (Å²) < 4.78 is 0.736. The summed E-state index contributed by atoms with van der Waals surface area (Å²) in [7, 11) is 5.80. The minimum atomic E-state index is 0.670. The molecule has 1 heterocycles. The van der Waals surface area contributed by atoms with Crippen molar-refractivity contribution in [2.45, 2.75) is 0 Å². The Kier molecular flexibility index (Phi) is 2.30. The van der Waals surface area contributed by atoms with E-state index < -0.39 is 0 Å². The van der Waals surface area contributed by atoms with Crippen LogP contribution in [0.15, 0.2) is 28.9 Å². The van der Waals surface area contributed by atoms with Gasteiger partial charge in [-0.2, -0.15) is 0 Å². The quantitative estimate of drug-likeness (QED) is 0.518. The average Bonchev–Trinajstić information content (AvgIpc) is 2.06. The third kappa shape index (κ3) is 1.72. The summed E-state index contributed by atoms with van der Waals surface area (Å²) in [5.41, 5.74) is 1.52. The Morgan fingerprint density at radius 2 is 2.08 bits per heavy atom. The largest absolute Gasteiger partial charge is 0.241 e. The Labute approximate surface area is 90.7 Å². The number of halogens is 2. The summed E-state index contributed by atoms with van der Waals surface area (Å²) >= 11 is 9.11. The van der Waals surface area contributed by atoms with Crippen LogP contribution in [0.2, 0.25) is 5.02 Å². The molecule has 0 unspecified atom stereocenters. The highest BCUT2D eigenvalue weighted by molar-refractivity contribution is 9.10. The second-order valence-electron chi connectivity index (χ2n) is 2.70. The molecule has 0 aliphatic rings. The van der Waals surface area contributed by atoms with E-state index in [-0.39, 0.29) is 0 Å². The van der Waals surface area contributed by atoms with E-state index in [0.717, 1.165) is 15.5 Å². The zero-order valence-electron chi connectivity index (χ0n) is 6.59. The molecule has 4 heteroatoms. The van der Waals surface area contributed by atoms with Gasteiger partial charge in [-0.15, -0.1) is 0 Å². The fourth-order valence-electron chi connectivity index (χ4n) is 1.19. The van der Waals surface area contributed by atoms with E-state index in [0.29, 0.717) is 10.5 Å². The van der Waals surface area contributed by atoms with E-state index in [9.17, 15) is 0 Å². The van der Waals surface area contributed by atoms with Crippen molar-refractivity contribution in [2.24, 2.45) is 0 Å². The van der Waals surface area contributed by atoms with Gasteiger partial charge in [0.05, 0.1) is 5.52 Å². The number of benzene rings is 1. The molecule has 1 aromatic heterocycles. The topological polar surface area (TPSA) is 12.9 Å². The summed E-state index contributed by atoms with van der Waals surface area (Å²) in [5.74, 6) is 0. The smallest absolute Gasteiger partial charge is 0.114 e. The highest BCUT2D eigenvalue weighted by Gasteiger charge is 2.00. The first-order chi connectivity index (χ1) is 6.16. The van der Waals surface area contributed by atoms with Gasteiger partial charge in [0.2, 0.25) is 0 Å². The highest BCUT2D eigenvalue weighted by atomic mass is 79.9. The van der Waals surface area contributed by atoms with Crippen molar-refractivity contribution in [3.8, 4) is 0 Å². The lowest BCUT2D eigenvalue weighted by Gasteiger charge is -2.02. The summed E-state index contributed by atoms with van der Waals surface area (Å²) in [6.07, 6.45) is 0. The Morgan fingerprint density at radius 1 is 1.31 bits per heavy atom. The van der Waals surface area contributed by atoms with Crippen molar-refractivity contribution >= 4 is 51.7 Å². The molecule has 0 saturated carbocycles.